The topological polar surface area (TPSA) is 87.5 Å². The Morgan fingerprint density at radius 3 is 2.68 bits per heavy atom. The molecule has 2 atom stereocenters. The molecule has 0 radical (unpaired) electrons. The van der Waals surface area contributed by atoms with Gasteiger partial charge in [-0.3, -0.25) is 4.68 Å². The van der Waals surface area contributed by atoms with Crippen molar-refractivity contribution < 1.29 is 10.2 Å². The molecular weight excluding hydrogens is 244 g/mol. The van der Waals surface area contributed by atoms with Crippen LogP contribution in [0.4, 0.5) is 5.69 Å². The number of nitrogens with two attached hydrogens (primary N) is 1. The Kier molecular flexibility index (Phi) is 4.44. The van der Waals surface area contributed by atoms with Crippen molar-refractivity contribution in [2.45, 2.75) is 32.9 Å². The van der Waals surface area contributed by atoms with Gasteiger partial charge >= 0.3 is 0 Å². The number of nitrogen functional groups attached to an aromatic ring is 1. The van der Waals surface area contributed by atoms with Crippen molar-refractivity contribution in [2.24, 2.45) is 5.92 Å². The Labute approximate surface area is 113 Å². The van der Waals surface area contributed by atoms with Crippen molar-refractivity contribution in [1.82, 2.24) is 14.7 Å². The maximum Gasteiger partial charge on any atom is 0.0862 e. The second-order valence-electron chi connectivity index (χ2n) is 5.52. The highest BCUT2D eigenvalue weighted by Gasteiger charge is 2.24. The largest absolute Gasteiger partial charge is 0.396 e. The van der Waals surface area contributed by atoms with Crippen LogP contribution < -0.4 is 5.73 Å². The van der Waals surface area contributed by atoms with E-state index in [1.165, 1.54) is 0 Å². The Bertz CT molecular complexity index is 433. The normalized spacial score (nSPS) is 22.0. The van der Waals surface area contributed by atoms with Crippen LogP contribution in [0, 0.1) is 19.8 Å². The molecule has 6 nitrogen and oxygen atoms in total. The number of aliphatic hydroxyl groups is 2. The van der Waals surface area contributed by atoms with E-state index in [9.17, 15) is 5.11 Å². The number of β-amino-alcohol motifs (C(OH)–C–C–N with tert-alkyl or cyclic N) is 1. The highest BCUT2D eigenvalue weighted by atomic mass is 16.3. The average Bonchev–Trinajstić information content (AvgIpc) is 2.91. The monoisotopic (exact) mass is 268 g/mol. The summed E-state index contributed by atoms with van der Waals surface area (Å²) in [7, 11) is 0. The number of hydrogen-bond acceptors (Lipinski definition) is 5. The first kappa shape index (κ1) is 14.3. The van der Waals surface area contributed by atoms with Crippen molar-refractivity contribution in [2.75, 3.05) is 32.0 Å². The molecule has 108 valence electrons. The molecule has 0 bridgehead atoms. The lowest BCUT2D eigenvalue weighted by Crippen LogP contribution is -2.34. The smallest absolute Gasteiger partial charge is 0.0862 e. The number of likely N-dealkylation sites (tertiary alicyclic amines) is 1. The third-order valence-corrected chi connectivity index (χ3v) is 3.92. The molecule has 0 aliphatic carbocycles. The van der Waals surface area contributed by atoms with Crippen LogP contribution >= 0.6 is 0 Å². The predicted octanol–water partition coefficient (Wildman–Crippen LogP) is -0.243. The van der Waals surface area contributed by atoms with Gasteiger partial charge in [-0.1, -0.05) is 0 Å². The molecule has 1 aliphatic rings. The van der Waals surface area contributed by atoms with E-state index in [0.717, 1.165) is 30.9 Å². The summed E-state index contributed by atoms with van der Waals surface area (Å²) in [6.07, 6.45) is 0.547. The van der Waals surface area contributed by atoms with Gasteiger partial charge in [0.05, 0.1) is 29.7 Å². The molecule has 2 rings (SSSR count). The second kappa shape index (κ2) is 5.90. The molecule has 1 saturated heterocycles. The molecule has 0 amide bonds. The maximum atomic E-state index is 10.1. The fourth-order valence-corrected chi connectivity index (χ4v) is 2.67. The highest BCUT2D eigenvalue weighted by Crippen LogP contribution is 2.17. The fourth-order valence-electron chi connectivity index (χ4n) is 2.67. The molecule has 1 aromatic rings. The summed E-state index contributed by atoms with van der Waals surface area (Å²) >= 11 is 0. The van der Waals surface area contributed by atoms with Crippen molar-refractivity contribution in [3.63, 3.8) is 0 Å². The van der Waals surface area contributed by atoms with Crippen molar-refractivity contribution in [3.8, 4) is 0 Å². The third kappa shape index (κ3) is 3.26. The summed E-state index contributed by atoms with van der Waals surface area (Å²) in [5.74, 6) is 0.358. The number of aliphatic hydroxyl groups excluding tert-OH is 2. The molecular formula is C13H24N4O2. The van der Waals surface area contributed by atoms with Gasteiger partial charge < -0.3 is 20.8 Å². The summed E-state index contributed by atoms with van der Waals surface area (Å²) in [4.78, 5) is 2.20. The van der Waals surface area contributed by atoms with Gasteiger partial charge in [-0.2, -0.15) is 5.10 Å². The molecule has 1 fully saturated rings. The standard InChI is InChI=1S/C13H24N4O2/c1-9-13(14)10(2)17(15-9)7-12(19)6-16-4-3-11(5-16)8-18/h11-12,18-19H,3-8,14H2,1-2H3. The minimum atomic E-state index is -0.463. The zero-order valence-corrected chi connectivity index (χ0v) is 11.7. The van der Waals surface area contributed by atoms with Gasteiger partial charge in [0.15, 0.2) is 0 Å². The van der Waals surface area contributed by atoms with E-state index in [-0.39, 0.29) is 6.61 Å². The van der Waals surface area contributed by atoms with Crippen LogP contribution in [0.3, 0.4) is 0 Å². The Morgan fingerprint density at radius 1 is 1.42 bits per heavy atom. The van der Waals surface area contributed by atoms with Crippen molar-refractivity contribution in [3.05, 3.63) is 11.4 Å². The van der Waals surface area contributed by atoms with Crippen LogP contribution in [0.25, 0.3) is 0 Å². The van der Waals surface area contributed by atoms with Crippen LogP contribution in [0.15, 0.2) is 0 Å². The van der Waals surface area contributed by atoms with E-state index in [4.69, 9.17) is 10.8 Å². The Balaban J connectivity index is 1.87. The lowest BCUT2D eigenvalue weighted by Gasteiger charge is -2.20. The fraction of sp³-hybridized carbons (Fsp3) is 0.769. The number of anilines is 1. The lowest BCUT2D eigenvalue weighted by atomic mass is 10.1. The SMILES string of the molecule is Cc1nn(CC(O)CN2CCC(CO)C2)c(C)c1N. The zero-order valence-electron chi connectivity index (χ0n) is 11.7. The summed E-state index contributed by atoms with van der Waals surface area (Å²) < 4.78 is 1.77. The molecule has 1 aliphatic heterocycles. The number of rotatable bonds is 5. The van der Waals surface area contributed by atoms with E-state index in [1.807, 2.05) is 13.8 Å². The third-order valence-electron chi connectivity index (χ3n) is 3.92. The molecule has 0 spiro atoms. The first-order chi connectivity index (χ1) is 9.01. The highest BCUT2D eigenvalue weighted by molar-refractivity contribution is 5.46. The van der Waals surface area contributed by atoms with Gasteiger partial charge in [0, 0.05) is 19.7 Å². The number of aromatic nitrogens is 2. The average molecular weight is 268 g/mol. The van der Waals surface area contributed by atoms with E-state index < -0.39 is 6.10 Å². The summed E-state index contributed by atoms with van der Waals surface area (Å²) in [6, 6.07) is 0. The lowest BCUT2D eigenvalue weighted by molar-refractivity contribution is 0.101. The van der Waals surface area contributed by atoms with Gasteiger partial charge in [0.1, 0.15) is 0 Å². The summed E-state index contributed by atoms with van der Waals surface area (Å²) in [6.45, 7) is 6.92. The zero-order chi connectivity index (χ0) is 14.0. The van der Waals surface area contributed by atoms with Crippen LogP contribution in [-0.2, 0) is 6.54 Å². The Morgan fingerprint density at radius 2 is 2.16 bits per heavy atom. The van der Waals surface area contributed by atoms with Crippen LogP contribution in [0.5, 0.6) is 0 Å². The number of hydrogen-bond donors (Lipinski definition) is 3. The minimum absolute atomic E-state index is 0.237. The Hall–Kier alpha value is -1.11. The molecule has 2 unspecified atom stereocenters. The van der Waals surface area contributed by atoms with Crippen LogP contribution in [0.2, 0.25) is 0 Å². The summed E-state index contributed by atoms with van der Waals surface area (Å²) in [5.41, 5.74) is 8.30. The van der Waals surface area contributed by atoms with Gasteiger partial charge in [-0.05, 0) is 32.7 Å². The van der Waals surface area contributed by atoms with Gasteiger partial charge in [-0.15, -0.1) is 0 Å². The van der Waals surface area contributed by atoms with Crippen molar-refractivity contribution in [1.29, 1.82) is 0 Å². The molecule has 0 saturated carbocycles. The molecule has 2 heterocycles. The van der Waals surface area contributed by atoms with Crippen LogP contribution in [0.1, 0.15) is 17.8 Å². The number of nitrogens with zero attached hydrogens (tertiary/aromatic N) is 3. The first-order valence-electron chi connectivity index (χ1n) is 6.82. The maximum absolute atomic E-state index is 10.1. The van der Waals surface area contributed by atoms with E-state index in [0.29, 0.717) is 24.7 Å². The molecule has 4 N–H and O–H groups in total. The summed E-state index contributed by atoms with van der Waals surface area (Å²) in [5, 5.41) is 23.6. The quantitative estimate of drug-likeness (QED) is 0.686. The number of aryl methyl sites for hydroxylation is 1. The molecule has 1 aromatic heterocycles. The predicted molar refractivity (Wildman–Crippen MR) is 73.8 cm³/mol. The first-order valence-corrected chi connectivity index (χ1v) is 6.82. The van der Waals surface area contributed by atoms with Crippen LogP contribution in [-0.4, -0.2) is 57.2 Å². The minimum Gasteiger partial charge on any atom is -0.396 e. The van der Waals surface area contributed by atoms with Crippen molar-refractivity contribution >= 4 is 5.69 Å². The van der Waals surface area contributed by atoms with E-state index in [1.54, 1.807) is 4.68 Å². The van der Waals surface area contributed by atoms with E-state index in [2.05, 4.69) is 10.00 Å². The molecule has 6 heteroatoms. The molecule has 0 aromatic carbocycles. The van der Waals surface area contributed by atoms with E-state index >= 15 is 0 Å². The second-order valence-corrected chi connectivity index (χ2v) is 5.52. The van der Waals surface area contributed by atoms with Gasteiger partial charge in [-0.25, -0.2) is 0 Å². The van der Waals surface area contributed by atoms with Gasteiger partial charge in [0.2, 0.25) is 0 Å². The molecule has 19 heavy (non-hydrogen) atoms. The van der Waals surface area contributed by atoms with Gasteiger partial charge in [0.25, 0.3) is 0 Å².